The molecule has 0 radical (unpaired) electrons. The lowest BCUT2D eigenvalue weighted by Gasteiger charge is -2.17. The fourth-order valence-electron chi connectivity index (χ4n) is 0.962. The normalized spacial score (nSPS) is 20.6. The molecule has 1 atom stereocenters. The molecular formula is C6H4INO6S. The predicted molar refractivity (Wildman–Crippen MR) is 57.6 cm³/mol. The smallest absolute Gasteiger partial charge is 0.413 e. The molecule has 0 aromatic carbocycles. The highest BCUT2D eigenvalue weighted by molar-refractivity contribution is 14.1. The predicted octanol–water partition coefficient (Wildman–Crippen LogP) is 0.813. The van der Waals surface area contributed by atoms with E-state index in [1.54, 1.807) is 22.6 Å². The molecule has 1 rings (SSSR count). The summed E-state index contributed by atoms with van der Waals surface area (Å²) in [5.41, 5.74) is -0.513. The number of hydrogen-bond donors (Lipinski definition) is 3. The Hall–Kier alpha value is -0.970. The summed E-state index contributed by atoms with van der Waals surface area (Å²) in [6.45, 7) is 0. The topological polar surface area (TPSA) is 115 Å². The number of aliphatic carboxylic acids is 2. The highest BCUT2D eigenvalue weighted by atomic mass is 127. The molecule has 1 amide bonds. The fraction of sp³-hybridized carbons (Fsp3) is 0.167. The lowest BCUT2D eigenvalue weighted by atomic mass is 10.4. The summed E-state index contributed by atoms with van der Waals surface area (Å²) >= 11 is 2.28. The molecular weight excluding hydrogens is 341 g/mol. The molecule has 1 unspecified atom stereocenters. The summed E-state index contributed by atoms with van der Waals surface area (Å²) in [6, 6.07) is 0. The van der Waals surface area contributed by atoms with Crippen molar-refractivity contribution in [1.29, 1.82) is 0 Å². The highest BCUT2D eigenvalue weighted by Gasteiger charge is 2.43. The number of carboxylic acid groups (broad SMARTS) is 3. The van der Waals surface area contributed by atoms with E-state index in [0.717, 1.165) is 0 Å². The Morgan fingerprint density at radius 2 is 1.80 bits per heavy atom. The van der Waals surface area contributed by atoms with Crippen LogP contribution >= 0.6 is 34.4 Å². The molecule has 7 nitrogen and oxygen atoms in total. The zero-order valence-corrected chi connectivity index (χ0v) is 9.85. The molecule has 0 aromatic heterocycles. The number of rotatable bonds is 2. The van der Waals surface area contributed by atoms with Crippen molar-refractivity contribution < 1.29 is 29.7 Å². The van der Waals surface area contributed by atoms with Crippen LogP contribution in [0.2, 0.25) is 0 Å². The Bertz CT molecular complexity index is 380. The van der Waals surface area contributed by atoms with Gasteiger partial charge in [-0.3, -0.25) is 0 Å². The van der Waals surface area contributed by atoms with E-state index in [2.05, 4.69) is 0 Å². The molecule has 0 fully saturated rings. The van der Waals surface area contributed by atoms with Gasteiger partial charge in [-0.1, -0.05) is 11.8 Å². The molecule has 0 bridgehead atoms. The van der Waals surface area contributed by atoms with Crippen molar-refractivity contribution >= 4 is 52.4 Å². The Balaban J connectivity index is 3.15. The van der Waals surface area contributed by atoms with Crippen LogP contribution in [0.5, 0.6) is 0 Å². The number of hydrogen-bond acceptors (Lipinski definition) is 4. The molecule has 1 aliphatic rings. The van der Waals surface area contributed by atoms with Gasteiger partial charge in [0, 0.05) is 0 Å². The van der Waals surface area contributed by atoms with Gasteiger partial charge >= 0.3 is 18.0 Å². The molecule has 0 aliphatic carbocycles. The van der Waals surface area contributed by atoms with E-state index in [0.29, 0.717) is 16.7 Å². The monoisotopic (exact) mass is 345 g/mol. The van der Waals surface area contributed by atoms with Crippen LogP contribution in [-0.2, 0) is 9.59 Å². The van der Waals surface area contributed by atoms with Crippen LogP contribution in [-0.4, -0.2) is 43.6 Å². The van der Waals surface area contributed by atoms with Crippen molar-refractivity contribution in [2.24, 2.45) is 0 Å². The maximum atomic E-state index is 10.7. The van der Waals surface area contributed by atoms with Crippen molar-refractivity contribution in [1.82, 2.24) is 4.90 Å². The first-order valence-corrected chi connectivity index (χ1v) is 5.36. The zero-order valence-electron chi connectivity index (χ0n) is 6.88. The third kappa shape index (κ3) is 2.17. The minimum atomic E-state index is -1.60. The van der Waals surface area contributed by atoms with Crippen LogP contribution in [0.25, 0.3) is 0 Å². The van der Waals surface area contributed by atoms with Gasteiger partial charge < -0.3 is 15.3 Å². The number of carboxylic acids is 2. The Morgan fingerprint density at radius 3 is 2.13 bits per heavy atom. The van der Waals surface area contributed by atoms with Crippen LogP contribution in [0.15, 0.2) is 8.61 Å². The maximum absolute atomic E-state index is 10.7. The van der Waals surface area contributed by atoms with Gasteiger partial charge in [-0.2, -0.15) is 0 Å². The average Bonchev–Trinajstić information content (AvgIpc) is 2.42. The van der Waals surface area contributed by atoms with Gasteiger partial charge in [0.15, 0.2) is 11.1 Å². The van der Waals surface area contributed by atoms with Crippen molar-refractivity contribution in [2.75, 3.05) is 0 Å². The summed E-state index contributed by atoms with van der Waals surface area (Å²) in [6.07, 6.45) is -1.60. The standard InChI is InChI=1S/C6H4INO6S/c7-2-1(4(9)10)8(6(13)14)3(15-2)5(11)12/h3H,(H,9,10)(H,11,12)(H,13,14). The van der Waals surface area contributed by atoms with Crippen LogP contribution in [0.4, 0.5) is 4.79 Å². The van der Waals surface area contributed by atoms with Crippen molar-refractivity contribution in [3.05, 3.63) is 8.61 Å². The Morgan fingerprint density at radius 1 is 1.27 bits per heavy atom. The molecule has 0 saturated carbocycles. The molecule has 82 valence electrons. The summed E-state index contributed by atoms with van der Waals surface area (Å²) in [7, 11) is 0. The second-order valence-electron chi connectivity index (χ2n) is 2.39. The number of thioether (sulfide) groups is 1. The summed E-state index contributed by atoms with van der Waals surface area (Å²) in [5.74, 6) is -2.86. The maximum Gasteiger partial charge on any atom is 0.413 e. The zero-order chi connectivity index (χ0) is 11.7. The van der Waals surface area contributed by atoms with Gasteiger partial charge in [-0.25, -0.2) is 19.3 Å². The van der Waals surface area contributed by atoms with E-state index >= 15 is 0 Å². The number of amides is 1. The van der Waals surface area contributed by atoms with Gasteiger partial charge in [0.1, 0.15) is 0 Å². The molecule has 0 saturated heterocycles. The van der Waals surface area contributed by atoms with Crippen LogP contribution < -0.4 is 0 Å². The van der Waals surface area contributed by atoms with E-state index in [9.17, 15) is 14.4 Å². The SMILES string of the molecule is O=C(O)C1=C(I)SC(C(=O)O)N1C(=O)O. The molecule has 1 aliphatic heterocycles. The van der Waals surface area contributed by atoms with Gasteiger partial charge in [-0.15, -0.1) is 0 Å². The van der Waals surface area contributed by atoms with Gasteiger partial charge in [0.25, 0.3) is 0 Å². The molecule has 15 heavy (non-hydrogen) atoms. The molecule has 1 heterocycles. The summed E-state index contributed by atoms with van der Waals surface area (Å²) < 4.78 is 0.134. The third-order valence-electron chi connectivity index (χ3n) is 1.50. The number of nitrogens with zero attached hydrogens (tertiary/aromatic N) is 1. The van der Waals surface area contributed by atoms with E-state index in [4.69, 9.17) is 15.3 Å². The largest absolute Gasteiger partial charge is 0.479 e. The Kier molecular flexibility index (Phi) is 3.44. The Labute approximate surface area is 101 Å². The summed E-state index contributed by atoms with van der Waals surface area (Å²) in [4.78, 5) is 32.5. The van der Waals surface area contributed by atoms with Gasteiger partial charge in [0.05, 0.1) is 2.91 Å². The quantitative estimate of drug-likeness (QED) is 0.635. The first-order valence-electron chi connectivity index (χ1n) is 3.41. The molecule has 0 aromatic rings. The third-order valence-corrected chi connectivity index (χ3v) is 3.81. The van der Waals surface area contributed by atoms with Crippen LogP contribution in [0.3, 0.4) is 0 Å². The first kappa shape index (κ1) is 12.1. The van der Waals surface area contributed by atoms with Gasteiger partial charge in [-0.05, 0) is 22.6 Å². The van der Waals surface area contributed by atoms with Gasteiger partial charge in [0.2, 0.25) is 0 Å². The average molecular weight is 345 g/mol. The second-order valence-corrected chi connectivity index (χ2v) is 5.29. The fourth-order valence-corrected chi connectivity index (χ4v) is 3.07. The first-order chi connectivity index (χ1) is 6.86. The van der Waals surface area contributed by atoms with E-state index < -0.39 is 29.1 Å². The van der Waals surface area contributed by atoms with E-state index in [1.165, 1.54) is 0 Å². The van der Waals surface area contributed by atoms with E-state index in [-0.39, 0.29) is 2.91 Å². The summed E-state index contributed by atoms with van der Waals surface area (Å²) in [5, 5.41) is 24.7. The second kappa shape index (κ2) is 4.26. The van der Waals surface area contributed by atoms with Crippen LogP contribution in [0.1, 0.15) is 0 Å². The van der Waals surface area contributed by atoms with E-state index in [1.807, 2.05) is 0 Å². The van der Waals surface area contributed by atoms with Crippen molar-refractivity contribution in [3.8, 4) is 0 Å². The van der Waals surface area contributed by atoms with Crippen molar-refractivity contribution in [2.45, 2.75) is 5.37 Å². The highest BCUT2D eigenvalue weighted by Crippen LogP contribution is 2.42. The lowest BCUT2D eigenvalue weighted by Crippen LogP contribution is -2.40. The number of halogens is 1. The minimum absolute atomic E-state index is 0.134. The van der Waals surface area contributed by atoms with Crippen molar-refractivity contribution in [3.63, 3.8) is 0 Å². The minimum Gasteiger partial charge on any atom is -0.479 e. The lowest BCUT2D eigenvalue weighted by molar-refractivity contribution is -0.139. The number of carbonyl (C=O) groups is 3. The van der Waals surface area contributed by atoms with Crippen LogP contribution in [0, 0.1) is 0 Å². The molecule has 0 spiro atoms. The molecule has 9 heteroatoms. The molecule has 3 N–H and O–H groups in total.